The lowest BCUT2D eigenvalue weighted by atomic mass is 9.33. The van der Waals surface area contributed by atoms with Gasteiger partial charge in [-0.15, -0.1) is 0 Å². The van der Waals surface area contributed by atoms with E-state index in [1.54, 1.807) is 5.57 Å². The van der Waals surface area contributed by atoms with Gasteiger partial charge in [0.2, 0.25) is 0 Å². The van der Waals surface area contributed by atoms with Crippen LogP contribution in [-0.2, 0) is 4.79 Å². The molecule has 0 aromatic carbocycles. The van der Waals surface area contributed by atoms with Gasteiger partial charge < -0.3 is 5.11 Å². The molecule has 6 rings (SSSR count). The molecule has 1 N–H and O–H groups in total. The van der Waals surface area contributed by atoms with Gasteiger partial charge in [-0.2, -0.15) is 0 Å². The van der Waals surface area contributed by atoms with Crippen molar-refractivity contribution >= 4 is 5.78 Å². The second-order valence-corrected chi connectivity index (χ2v) is 15.6. The Morgan fingerprint density at radius 1 is 0.879 bits per heavy atom. The fourth-order valence-electron chi connectivity index (χ4n) is 11.7. The van der Waals surface area contributed by atoms with Gasteiger partial charge in [0.05, 0.1) is 6.10 Å². The van der Waals surface area contributed by atoms with E-state index >= 15 is 0 Å². The number of carbonyl (C=O) groups excluding carboxylic acids is 1. The zero-order valence-electron chi connectivity index (χ0n) is 22.4. The molecule has 184 valence electrons. The summed E-state index contributed by atoms with van der Waals surface area (Å²) in [5, 5.41) is 10.9. The second-order valence-electron chi connectivity index (χ2n) is 15.6. The van der Waals surface area contributed by atoms with E-state index < -0.39 is 0 Å². The van der Waals surface area contributed by atoms with Crippen LogP contribution in [0.15, 0.2) is 11.6 Å². The standard InChI is InChI=1S/C31H48O2/c1-26(2)14-15-31-17-19(16-25(31)33)30(7)20(21(31)18-26)8-9-23-28(5)12-11-24(32)27(3,4)22(28)10-13-29(23,30)6/h8,19,21-24,32H,9-18H2,1-7H3. The summed E-state index contributed by atoms with van der Waals surface area (Å²) < 4.78 is 0. The van der Waals surface area contributed by atoms with Crippen LogP contribution in [0.25, 0.3) is 0 Å². The molecule has 6 aliphatic carbocycles. The molecule has 2 nitrogen and oxygen atoms in total. The highest BCUT2D eigenvalue weighted by atomic mass is 16.3. The number of aliphatic hydroxyl groups excluding tert-OH is 1. The van der Waals surface area contributed by atoms with Crippen LogP contribution >= 0.6 is 0 Å². The molecule has 9 unspecified atom stereocenters. The first-order valence-corrected chi connectivity index (χ1v) is 14.1. The predicted molar refractivity (Wildman–Crippen MR) is 134 cm³/mol. The largest absolute Gasteiger partial charge is 0.393 e. The summed E-state index contributed by atoms with van der Waals surface area (Å²) in [6, 6.07) is 0. The van der Waals surface area contributed by atoms with E-state index in [0.717, 1.165) is 32.1 Å². The fraction of sp³-hybridized carbons (Fsp3) is 0.903. The zero-order valence-corrected chi connectivity index (χ0v) is 22.4. The van der Waals surface area contributed by atoms with E-state index in [0.29, 0.717) is 34.9 Å². The molecule has 5 fully saturated rings. The highest BCUT2D eigenvalue weighted by molar-refractivity contribution is 5.89. The van der Waals surface area contributed by atoms with Crippen molar-refractivity contribution in [1.29, 1.82) is 0 Å². The number of Topliss-reactive ketones (excluding diaryl/α,β-unsaturated/α-hetero) is 1. The minimum Gasteiger partial charge on any atom is -0.393 e. The van der Waals surface area contributed by atoms with Crippen LogP contribution in [0.1, 0.15) is 113 Å². The van der Waals surface area contributed by atoms with Crippen molar-refractivity contribution in [3.8, 4) is 0 Å². The molecule has 0 aromatic heterocycles. The summed E-state index contributed by atoms with van der Waals surface area (Å²) in [5.41, 5.74) is 2.71. The van der Waals surface area contributed by atoms with E-state index in [2.05, 4.69) is 54.5 Å². The third-order valence-electron chi connectivity index (χ3n) is 13.8. The Kier molecular flexibility index (Phi) is 4.41. The van der Waals surface area contributed by atoms with Crippen LogP contribution in [0.3, 0.4) is 0 Å². The number of rotatable bonds is 0. The number of allylic oxidation sites excluding steroid dienone is 2. The maximum atomic E-state index is 13.7. The number of hydrogen-bond donors (Lipinski definition) is 1. The summed E-state index contributed by atoms with van der Waals surface area (Å²) in [5.74, 6) is 2.87. The molecule has 2 bridgehead atoms. The lowest BCUT2D eigenvalue weighted by Gasteiger charge is -2.71. The van der Waals surface area contributed by atoms with Crippen LogP contribution in [0.4, 0.5) is 0 Å². The van der Waals surface area contributed by atoms with Crippen LogP contribution in [0.2, 0.25) is 0 Å². The Morgan fingerprint density at radius 2 is 1.61 bits per heavy atom. The maximum absolute atomic E-state index is 13.7. The summed E-state index contributed by atoms with van der Waals surface area (Å²) in [6.45, 7) is 17.4. The van der Waals surface area contributed by atoms with E-state index in [4.69, 9.17) is 0 Å². The van der Waals surface area contributed by atoms with Gasteiger partial charge in [-0.25, -0.2) is 0 Å². The van der Waals surface area contributed by atoms with Gasteiger partial charge in [0.25, 0.3) is 0 Å². The molecule has 0 aromatic rings. The quantitative estimate of drug-likeness (QED) is 0.390. The van der Waals surface area contributed by atoms with Crippen LogP contribution in [0.5, 0.6) is 0 Å². The summed E-state index contributed by atoms with van der Waals surface area (Å²) >= 11 is 0. The topological polar surface area (TPSA) is 37.3 Å². The maximum Gasteiger partial charge on any atom is 0.139 e. The van der Waals surface area contributed by atoms with Crippen LogP contribution in [-0.4, -0.2) is 17.0 Å². The lowest BCUT2D eigenvalue weighted by molar-refractivity contribution is -0.208. The Labute approximate surface area is 202 Å². The van der Waals surface area contributed by atoms with Gasteiger partial charge in [0.15, 0.2) is 0 Å². The molecule has 0 amide bonds. The van der Waals surface area contributed by atoms with Crippen LogP contribution in [0, 0.1) is 56.2 Å². The van der Waals surface area contributed by atoms with Gasteiger partial charge >= 0.3 is 0 Å². The molecule has 6 aliphatic rings. The van der Waals surface area contributed by atoms with Crippen molar-refractivity contribution in [2.75, 3.05) is 0 Å². The summed E-state index contributed by atoms with van der Waals surface area (Å²) in [6.07, 6.45) is 13.8. The Bertz CT molecular complexity index is 927. The predicted octanol–water partition coefficient (Wildman–Crippen LogP) is 7.35. The molecular formula is C31H48O2. The van der Waals surface area contributed by atoms with E-state index in [-0.39, 0.29) is 33.2 Å². The Hall–Kier alpha value is -0.630. The van der Waals surface area contributed by atoms with E-state index in [9.17, 15) is 9.90 Å². The third kappa shape index (κ3) is 2.48. The van der Waals surface area contributed by atoms with Crippen molar-refractivity contribution in [2.24, 2.45) is 56.2 Å². The highest BCUT2D eigenvalue weighted by Crippen LogP contribution is 2.79. The second kappa shape index (κ2) is 6.37. The molecule has 9 atom stereocenters. The average Bonchev–Trinajstić information content (AvgIpc) is 3.03. The third-order valence-corrected chi connectivity index (χ3v) is 13.8. The highest BCUT2D eigenvalue weighted by Gasteiger charge is 2.73. The van der Waals surface area contributed by atoms with Crippen molar-refractivity contribution in [1.82, 2.24) is 0 Å². The lowest BCUT2D eigenvalue weighted by Crippen LogP contribution is -2.65. The minimum atomic E-state index is -0.169. The van der Waals surface area contributed by atoms with Gasteiger partial charge in [-0.05, 0) is 109 Å². The molecule has 0 heterocycles. The molecule has 1 spiro atoms. The summed E-state index contributed by atoms with van der Waals surface area (Å²) in [7, 11) is 0. The molecule has 33 heavy (non-hydrogen) atoms. The Morgan fingerprint density at radius 3 is 2.33 bits per heavy atom. The van der Waals surface area contributed by atoms with Crippen molar-refractivity contribution in [3.63, 3.8) is 0 Å². The monoisotopic (exact) mass is 452 g/mol. The first kappa shape index (κ1) is 22.8. The minimum absolute atomic E-state index is 0.00232. The first-order chi connectivity index (χ1) is 15.2. The molecule has 5 saturated carbocycles. The van der Waals surface area contributed by atoms with Crippen molar-refractivity contribution in [3.05, 3.63) is 11.6 Å². The molecule has 0 aliphatic heterocycles. The number of ketones is 1. The van der Waals surface area contributed by atoms with Crippen LogP contribution < -0.4 is 0 Å². The Balaban J connectivity index is 1.48. The van der Waals surface area contributed by atoms with Gasteiger partial charge in [-0.1, -0.05) is 60.1 Å². The van der Waals surface area contributed by atoms with Crippen molar-refractivity contribution in [2.45, 2.75) is 119 Å². The van der Waals surface area contributed by atoms with Crippen molar-refractivity contribution < 1.29 is 9.90 Å². The van der Waals surface area contributed by atoms with E-state index in [1.165, 1.54) is 32.1 Å². The van der Waals surface area contributed by atoms with E-state index in [1.807, 2.05) is 0 Å². The van der Waals surface area contributed by atoms with Gasteiger partial charge in [0, 0.05) is 11.8 Å². The van der Waals surface area contributed by atoms with Gasteiger partial charge in [0.1, 0.15) is 5.78 Å². The first-order valence-electron chi connectivity index (χ1n) is 14.1. The molecule has 0 radical (unpaired) electrons. The average molecular weight is 453 g/mol. The molecule has 0 saturated heterocycles. The zero-order chi connectivity index (χ0) is 23.8. The number of carbonyl (C=O) groups is 1. The normalized spacial score (nSPS) is 56.2. The van der Waals surface area contributed by atoms with Gasteiger partial charge in [-0.3, -0.25) is 4.79 Å². The number of hydrogen-bond acceptors (Lipinski definition) is 2. The molecule has 2 heteroatoms. The molecular weight excluding hydrogens is 404 g/mol. The SMILES string of the molecule is CC1(C)CCC23CC(CC2=O)C2(C)C(=CCC4C5(C)CCC(O)C(C)(C)C5CCC42C)C3C1. The number of aliphatic hydroxyl groups is 1. The number of fused-ring (bicyclic) bond motifs is 8. The summed E-state index contributed by atoms with van der Waals surface area (Å²) in [4.78, 5) is 13.7. The smallest absolute Gasteiger partial charge is 0.139 e. The fourth-order valence-corrected chi connectivity index (χ4v) is 11.7.